The maximum Gasteiger partial charge on any atom is 0.223 e. The van der Waals surface area contributed by atoms with Crippen molar-refractivity contribution in [2.24, 2.45) is 5.92 Å². The van der Waals surface area contributed by atoms with Gasteiger partial charge in [-0.15, -0.1) is 0 Å². The smallest absolute Gasteiger partial charge is 0.223 e. The molecule has 9 heteroatoms. The average molecular weight is 411 g/mol. The summed E-state index contributed by atoms with van der Waals surface area (Å²) >= 11 is 0. The summed E-state index contributed by atoms with van der Waals surface area (Å²) in [5.41, 5.74) is 0.987. The Morgan fingerprint density at radius 2 is 1.96 bits per heavy atom. The average Bonchev–Trinajstić information content (AvgIpc) is 2.73. The van der Waals surface area contributed by atoms with Gasteiger partial charge in [0.15, 0.2) is 0 Å². The Kier molecular flexibility index (Phi) is 7.25. The number of nitrogens with one attached hydrogen (secondary N) is 1. The first-order chi connectivity index (χ1) is 13.5. The van der Waals surface area contributed by atoms with Crippen LogP contribution in [0.5, 0.6) is 0 Å². The van der Waals surface area contributed by atoms with Crippen molar-refractivity contribution in [3.63, 3.8) is 0 Å². The van der Waals surface area contributed by atoms with Gasteiger partial charge in [-0.25, -0.2) is 17.7 Å². The lowest BCUT2D eigenvalue weighted by Crippen LogP contribution is -2.43. The van der Waals surface area contributed by atoms with Crippen LogP contribution in [0.4, 0.5) is 5.82 Å². The minimum Gasteiger partial charge on any atom is -0.378 e. The van der Waals surface area contributed by atoms with Crippen molar-refractivity contribution in [1.29, 1.82) is 0 Å². The molecule has 28 heavy (non-hydrogen) atoms. The van der Waals surface area contributed by atoms with Gasteiger partial charge < -0.3 is 15.0 Å². The maximum atomic E-state index is 12.6. The lowest BCUT2D eigenvalue weighted by molar-refractivity contribution is -0.126. The third-order valence-corrected chi connectivity index (χ3v) is 7.39. The molecule has 0 aliphatic carbocycles. The van der Waals surface area contributed by atoms with E-state index < -0.39 is 10.0 Å². The summed E-state index contributed by atoms with van der Waals surface area (Å²) in [7, 11) is -3.18. The Hall–Kier alpha value is -1.71. The minimum absolute atomic E-state index is 0.00989. The van der Waals surface area contributed by atoms with Crippen molar-refractivity contribution in [3.8, 4) is 0 Å². The van der Waals surface area contributed by atoms with Gasteiger partial charge in [0, 0.05) is 50.4 Å². The monoisotopic (exact) mass is 410 g/mol. The van der Waals surface area contributed by atoms with Crippen LogP contribution in [0.15, 0.2) is 18.3 Å². The summed E-state index contributed by atoms with van der Waals surface area (Å²) in [5.74, 6) is 0.919. The molecule has 1 aromatic rings. The van der Waals surface area contributed by atoms with Gasteiger partial charge >= 0.3 is 0 Å². The number of carbonyl (C=O) groups excluding carboxylic acids is 1. The molecule has 3 rings (SSSR count). The molecule has 8 nitrogen and oxygen atoms in total. The molecule has 2 fully saturated rings. The number of anilines is 1. The SMILES string of the molecule is CCCS(=O)(=O)N1CCC(C(=O)NCc2cccnc2N2CCOCC2)CC1. The molecule has 0 spiro atoms. The van der Waals surface area contributed by atoms with E-state index in [-0.39, 0.29) is 17.6 Å². The summed E-state index contributed by atoms with van der Waals surface area (Å²) in [6.07, 6.45) is 3.51. The fourth-order valence-electron chi connectivity index (χ4n) is 3.74. The number of rotatable bonds is 7. The Bertz CT molecular complexity index is 757. The number of hydrogen-bond acceptors (Lipinski definition) is 6. The lowest BCUT2D eigenvalue weighted by Gasteiger charge is -2.31. The first-order valence-corrected chi connectivity index (χ1v) is 11.6. The molecule has 2 aliphatic heterocycles. The highest BCUT2D eigenvalue weighted by Gasteiger charge is 2.30. The summed E-state index contributed by atoms with van der Waals surface area (Å²) in [5, 5.41) is 3.02. The molecular formula is C19H30N4O4S. The van der Waals surface area contributed by atoms with E-state index in [2.05, 4.69) is 15.2 Å². The zero-order valence-electron chi connectivity index (χ0n) is 16.5. The van der Waals surface area contributed by atoms with Gasteiger partial charge in [0.25, 0.3) is 0 Å². The number of aromatic nitrogens is 1. The highest BCUT2D eigenvalue weighted by Crippen LogP contribution is 2.22. The number of sulfonamides is 1. The van der Waals surface area contributed by atoms with Gasteiger partial charge in [-0.1, -0.05) is 13.0 Å². The van der Waals surface area contributed by atoms with Gasteiger partial charge in [-0.3, -0.25) is 4.79 Å². The quantitative estimate of drug-likeness (QED) is 0.721. The molecule has 156 valence electrons. The van der Waals surface area contributed by atoms with Crippen LogP contribution in [0.1, 0.15) is 31.7 Å². The van der Waals surface area contributed by atoms with Crippen LogP contribution in [-0.4, -0.2) is 68.8 Å². The molecule has 3 heterocycles. The molecule has 0 bridgehead atoms. The molecule has 1 aromatic heterocycles. The zero-order valence-corrected chi connectivity index (χ0v) is 17.3. The number of pyridine rings is 1. The molecule has 1 N–H and O–H groups in total. The molecule has 0 atom stereocenters. The van der Waals surface area contributed by atoms with E-state index in [0.29, 0.717) is 52.1 Å². The molecule has 1 amide bonds. The predicted molar refractivity (Wildman–Crippen MR) is 107 cm³/mol. The Labute approximate surface area is 167 Å². The molecule has 2 aliphatic rings. The third kappa shape index (κ3) is 5.21. The topological polar surface area (TPSA) is 91.8 Å². The predicted octanol–water partition coefficient (Wildman–Crippen LogP) is 0.986. The van der Waals surface area contributed by atoms with Gasteiger partial charge in [-0.05, 0) is 25.3 Å². The van der Waals surface area contributed by atoms with E-state index in [1.807, 2.05) is 19.1 Å². The number of piperidine rings is 1. The van der Waals surface area contributed by atoms with Crippen LogP contribution in [-0.2, 0) is 26.1 Å². The lowest BCUT2D eigenvalue weighted by atomic mass is 9.97. The summed E-state index contributed by atoms with van der Waals surface area (Å²) in [6.45, 7) is 6.09. The highest BCUT2D eigenvalue weighted by molar-refractivity contribution is 7.89. The van der Waals surface area contributed by atoms with Crippen LogP contribution >= 0.6 is 0 Å². The van der Waals surface area contributed by atoms with Crippen LogP contribution in [0.3, 0.4) is 0 Å². The number of hydrogen-bond donors (Lipinski definition) is 1. The van der Waals surface area contributed by atoms with E-state index >= 15 is 0 Å². The van der Waals surface area contributed by atoms with Crippen molar-refractivity contribution >= 4 is 21.7 Å². The number of ether oxygens (including phenoxy) is 1. The summed E-state index contributed by atoms with van der Waals surface area (Å²) < 4.78 is 31.3. The number of morpholine rings is 1. The molecule has 2 saturated heterocycles. The van der Waals surface area contributed by atoms with E-state index in [1.54, 1.807) is 6.20 Å². The van der Waals surface area contributed by atoms with Crippen LogP contribution < -0.4 is 10.2 Å². The molecule has 0 saturated carbocycles. The summed E-state index contributed by atoms with van der Waals surface area (Å²) in [4.78, 5) is 19.3. The van der Waals surface area contributed by atoms with Crippen molar-refractivity contribution in [2.75, 3.05) is 50.0 Å². The fraction of sp³-hybridized carbons (Fsp3) is 0.684. The minimum atomic E-state index is -3.18. The van der Waals surface area contributed by atoms with E-state index in [0.717, 1.165) is 24.5 Å². The van der Waals surface area contributed by atoms with Crippen LogP contribution in [0, 0.1) is 5.92 Å². The standard InChI is InChI=1S/C19H30N4O4S/c1-2-14-28(25,26)23-8-5-16(6-9-23)19(24)21-15-17-4-3-7-20-18(17)22-10-12-27-13-11-22/h3-4,7,16H,2,5-6,8-15H2,1H3,(H,21,24). The summed E-state index contributed by atoms with van der Waals surface area (Å²) in [6, 6.07) is 3.86. The fourth-order valence-corrected chi connectivity index (χ4v) is 5.28. The van der Waals surface area contributed by atoms with E-state index in [1.165, 1.54) is 4.31 Å². The van der Waals surface area contributed by atoms with Gasteiger partial charge in [-0.2, -0.15) is 0 Å². The Balaban J connectivity index is 1.53. The second-order valence-electron chi connectivity index (χ2n) is 7.29. The number of carbonyl (C=O) groups is 1. The van der Waals surface area contributed by atoms with Crippen molar-refractivity contribution in [2.45, 2.75) is 32.7 Å². The molecular weight excluding hydrogens is 380 g/mol. The normalized spacial score (nSPS) is 19.5. The largest absolute Gasteiger partial charge is 0.378 e. The van der Waals surface area contributed by atoms with Crippen molar-refractivity contribution in [3.05, 3.63) is 23.9 Å². The van der Waals surface area contributed by atoms with Crippen molar-refractivity contribution in [1.82, 2.24) is 14.6 Å². The van der Waals surface area contributed by atoms with E-state index in [9.17, 15) is 13.2 Å². The highest BCUT2D eigenvalue weighted by atomic mass is 32.2. The third-order valence-electron chi connectivity index (χ3n) is 5.31. The first-order valence-electron chi connectivity index (χ1n) is 10.0. The van der Waals surface area contributed by atoms with E-state index in [4.69, 9.17) is 4.74 Å². The van der Waals surface area contributed by atoms with Gasteiger partial charge in [0.1, 0.15) is 5.82 Å². The molecule has 0 aromatic carbocycles. The van der Waals surface area contributed by atoms with Gasteiger partial charge in [0.2, 0.25) is 15.9 Å². The van der Waals surface area contributed by atoms with Crippen molar-refractivity contribution < 1.29 is 17.9 Å². The molecule has 0 radical (unpaired) electrons. The van der Waals surface area contributed by atoms with Crippen LogP contribution in [0.2, 0.25) is 0 Å². The second kappa shape index (κ2) is 9.67. The molecule has 0 unspecified atom stereocenters. The number of nitrogens with zero attached hydrogens (tertiary/aromatic N) is 3. The maximum absolute atomic E-state index is 12.6. The Morgan fingerprint density at radius 3 is 2.64 bits per heavy atom. The van der Waals surface area contributed by atoms with Gasteiger partial charge in [0.05, 0.1) is 19.0 Å². The Morgan fingerprint density at radius 1 is 1.25 bits per heavy atom. The second-order valence-corrected chi connectivity index (χ2v) is 9.38. The zero-order chi connectivity index (χ0) is 20.0. The first kappa shape index (κ1) is 21.0. The number of amides is 1. The van der Waals surface area contributed by atoms with Crippen LogP contribution in [0.25, 0.3) is 0 Å².